The molecule has 86 valence electrons. The van der Waals surface area contributed by atoms with E-state index in [1.165, 1.54) is 0 Å². The van der Waals surface area contributed by atoms with Gasteiger partial charge in [-0.15, -0.1) is 0 Å². The molecule has 6 rings (SSSR count). The van der Waals surface area contributed by atoms with Gasteiger partial charge in [0.05, 0.1) is 0 Å². The Balaban J connectivity index is 1.68. The highest BCUT2D eigenvalue weighted by molar-refractivity contribution is 5.96. The van der Waals surface area contributed by atoms with Crippen molar-refractivity contribution < 1.29 is 9.59 Å². The Morgan fingerprint density at radius 1 is 0.824 bits per heavy atom. The zero-order chi connectivity index (χ0) is 11.0. The Morgan fingerprint density at radius 2 is 1.59 bits per heavy atom. The smallest absolute Gasteiger partial charge is 0.140 e. The molecule has 17 heavy (non-hydrogen) atoms. The van der Waals surface area contributed by atoms with Gasteiger partial charge >= 0.3 is 0 Å². The van der Waals surface area contributed by atoms with Crippen LogP contribution in [0.15, 0.2) is 12.2 Å². The molecule has 0 N–H and O–H groups in total. The van der Waals surface area contributed by atoms with Crippen molar-refractivity contribution in [2.45, 2.75) is 6.42 Å². The summed E-state index contributed by atoms with van der Waals surface area (Å²) in [5.74, 6) is 6.25. The Labute approximate surface area is 99.4 Å². The van der Waals surface area contributed by atoms with Gasteiger partial charge in [-0.1, -0.05) is 12.2 Å². The molecule has 0 saturated heterocycles. The first kappa shape index (κ1) is 8.23. The van der Waals surface area contributed by atoms with Gasteiger partial charge in [0.2, 0.25) is 0 Å². The van der Waals surface area contributed by atoms with E-state index in [0.717, 1.165) is 12.3 Å². The highest BCUT2D eigenvalue weighted by atomic mass is 16.1. The topological polar surface area (TPSA) is 34.1 Å². The van der Waals surface area contributed by atoms with Crippen LogP contribution in [-0.2, 0) is 9.59 Å². The largest absolute Gasteiger partial charge is 0.299 e. The fourth-order valence-corrected chi connectivity index (χ4v) is 7.25. The van der Waals surface area contributed by atoms with Crippen LogP contribution in [0.5, 0.6) is 0 Å². The van der Waals surface area contributed by atoms with Crippen LogP contribution in [0.2, 0.25) is 0 Å². The van der Waals surface area contributed by atoms with E-state index in [-0.39, 0.29) is 0 Å². The average Bonchev–Trinajstić information content (AvgIpc) is 2.96. The summed E-state index contributed by atoms with van der Waals surface area (Å²) < 4.78 is 0. The molecule has 0 radical (unpaired) electrons. The van der Waals surface area contributed by atoms with Crippen molar-refractivity contribution in [3.63, 3.8) is 0 Å². The van der Waals surface area contributed by atoms with Crippen molar-refractivity contribution in [3.05, 3.63) is 12.2 Å². The predicted molar refractivity (Wildman–Crippen MR) is 58.7 cm³/mol. The summed E-state index contributed by atoms with van der Waals surface area (Å²) in [6, 6.07) is 0. The maximum absolute atomic E-state index is 12.4. The number of hydrogen-bond donors (Lipinski definition) is 0. The third kappa shape index (κ3) is 0.557. The van der Waals surface area contributed by atoms with Crippen molar-refractivity contribution in [1.82, 2.24) is 0 Å². The molecule has 2 heteroatoms. The standard InChI is InChI=1S/C15H14O2/c16-7-3-6-10-9(7)4-1-2-5-8(4)13(10)14-11(5)15(17)12(6)14/h1-2,4-6,8-14H,3H2/t4-,5+,6-,8-,9-,10-,11+,12+,13-,14-/m1/s1. The monoisotopic (exact) mass is 226 g/mol. The first-order valence-electron chi connectivity index (χ1n) is 7.04. The van der Waals surface area contributed by atoms with Gasteiger partial charge in [0.1, 0.15) is 11.6 Å². The molecule has 0 unspecified atom stereocenters. The van der Waals surface area contributed by atoms with Crippen molar-refractivity contribution in [3.8, 4) is 0 Å². The third-order valence-electron chi connectivity index (χ3n) is 7.27. The van der Waals surface area contributed by atoms with Gasteiger partial charge in [0.15, 0.2) is 0 Å². The van der Waals surface area contributed by atoms with Crippen LogP contribution in [0.3, 0.4) is 0 Å². The fraction of sp³-hybridized carbons (Fsp3) is 0.733. The molecule has 0 aliphatic heterocycles. The lowest BCUT2D eigenvalue weighted by molar-refractivity contribution is -0.143. The summed E-state index contributed by atoms with van der Waals surface area (Å²) in [6.45, 7) is 0. The van der Waals surface area contributed by atoms with Crippen LogP contribution >= 0.6 is 0 Å². The van der Waals surface area contributed by atoms with Crippen LogP contribution in [0, 0.1) is 59.2 Å². The molecule has 0 amide bonds. The van der Waals surface area contributed by atoms with E-state index in [4.69, 9.17) is 0 Å². The molecular weight excluding hydrogens is 212 g/mol. The number of hydrogen-bond acceptors (Lipinski definition) is 2. The summed E-state index contributed by atoms with van der Waals surface area (Å²) >= 11 is 0. The van der Waals surface area contributed by atoms with Gasteiger partial charge in [-0.25, -0.2) is 0 Å². The van der Waals surface area contributed by atoms with Gasteiger partial charge in [-0.05, 0) is 41.4 Å². The van der Waals surface area contributed by atoms with E-state index in [1.807, 2.05) is 0 Å². The second-order valence-electron chi connectivity index (χ2n) is 7.16. The van der Waals surface area contributed by atoms with Crippen molar-refractivity contribution >= 4 is 11.6 Å². The maximum Gasteiger partial charge on any atom is 0.140 e. The minimum absolute atomic E-state index is 0.309. The van der Waals surface area contributed by atoms with Crippen LogP contribution in [0.4, 0.5) is 0 Å². The molecule has 5 saturated carbocycles. The number of carbonyl (C=O) groups excluding carboxylic acids is 2. The van der Waals surface area contributed by atoms with Gasteiger partial charge in [-0.3, -0.25) is 9.59 Å². The normalized spacial score (nSPS) is 71.3. The zero-order valence-corrected chi connectivity index (χ0v) is 9.45. The molecule has 0 aromatic rings. The molecule has 0 spiro atoms. The zero-order valence-electron chi connectivity index (χ0n) is 9.45. The van der Waals surface area contributed by atoms with Crippen LogP contribution in [0.1, 0.15) is 6.42 Å². The van der Waals surface area contributed by atoms with Gasteiger partial charge in [-0.2, -0.15) is 0 Å². The number of carbonyl (C=O) groups is 2. The lowest BCUT2D eigenvalue weighted by Gasteiger charge is -2.40. The maximum atomic E-state index is 12.4. The first-order chi connectivity index (χ1) is 8.29. The molecule has 0 bridgehead atoms. The van der Waals surface area contributed by atoms with E-state index in [0.29, 0.717) is 64.8 Å². The van der Waals surface area contributed by atoms with E-state index in [2.05, 4.69) is 12.2 Å². The fourth-order valence-electron chi connectivity index (χ4n) is 7.25. The molecule has 2 nitrogen and oxygen atoms in total. The molecular formula is C15H14O2. The summed E-state index contributed by atoms with van der Waals surface area (Å²) in [5, 5.41) is 0. The van der Waals surface area contributed by atoms with Crippen molar-refractivity contribution in [2.75, 3.05) is 0 Å². The molecule has 0 aromatic heterocycles. The van der Waals surface area contributed by atoms with Crippen LogP contribution in [0.25, 0.3) is 0 Å². The minimum atomic E-state index is 0.309. The van der Waals surface area contributed by atoms with Gasteiger partial charge < -0.3 is 0 Å². The molecule has 10 atom stereocenters. The number of allylic oxidation sites excluding steroid dienone is 2. The van der Waals surface area contributed by atoms with Crippen LogP contribution < -0.4 is 0 Å². The second-order valence-corrected chi connectivity index (χ2v) is 7.16. The van der Waals surface area contributed by atoms with E-state index in [1.54, 1.807) is 0 Å². The quantitative estimate of drug-likeness (QED) is 0.584. The number of Topliss-reactive ketones (excluding diaryl/α,β-unsaturated/α-hetero) is 2. The molecule has 0 aromatic carbocycles. The highest BCUT2D eigenvalue weighted by Gasteiger charge is 2.80. The lowest BCUT2D eigenvalue weighted by Crippen LogP contribution is -2.48. The van der Waals surface area contributed by atoms with Crippen molar-refractivity contribution in [1.29, 1.82) is 0 Å². The Hall–Kier alpha value is -0.920. The summed E-state index contributed by atoms with van der Waals surface area (Å²) in [4.78, 5) is 24.6. The number of ketones is 2. The summed E-state index contributed by atoms with van der Waals surface area (Å²) in [5.41, 5.74) is 0. The Bertz CT molecular complexity index is 533. The minimum Gasteiger partial charge on any atom is -0.299 e. The highest BCUT2D eigenvalue weighted by Crippen LogP contribution is 2.79. The number of fused-ring (bicyclic) bond motifs is 3. The predicted octanol–water partition coefficient (Wildman–Crippen LogP) is 1.31. The van der Waals surface area contributed by atoms with Crippen molar-refractivity contribution in [2.24, 2.45) is 59.2 Å². The van der Waals surface area contributed by atoms with Gasteiger partial charge in [0.25, 0.3) is 0 Å². The van der Waals surface area contributed by atoms with E-state index >= 15 is 0 Å². The SMILES string of the molecule is O=C1[C@H]2[C@H]3C=C[C@H]4[C@@H]5C(=O)C[C@H]6[C@H]1[C@@H]2[C@H]([C@@H]34)[C@H]65. The van der Waals surface area contributed by atoms with E-state index < -0.39 is 0 Å². The summed E-state index contributed by atoms with van der Waals surface area (Å²) in [7, 11) is 0. The number of rotatable bonds is 0. The molecule has 5 fully saturated rings. The molecule has 0 heterocycles. The van der Waals surface area contributed by atoms with E-state index in [9.17, 15) is 9.59 Å². The average molecular weight is 226 g/mol. The second kappa shape index (κ2) is 2.06. The Morgan fingerprint density at radius 3 is 2.41 bits per heavy atom. The summed E-state index contributed by atoms with van der Waals surface area (Å²) in [6.07, 6.45) is 5.33. The Kier molecular flexibility index (Phi) is 0.998. The molecule has 6 aliphatic rings. The molecule has 6 aliphatic carbocycles. The van der Waals surface area contributed by atoms with Crippen LogP contribution in [-0.4, -0.2) is 11.6 Å². The third-order valence-corrected chi connectivity index (χ3v) is 7.27. The lowest BCUT2D eigenvalue weighted by atomic mass is 9.61. The van der Waals surface area contributed by atoms with Gasteiger partial charge in [0, 0.05) is 24.2 Å². The first-order valence-corrected chi connectivity index (χ1v) is 7.04.